The van der Waals surface area contributed by atoms with E-state index in [2.05, 4.69) is 5.32 Å². The molecule has 0 aliphatic carbocycles. The first-order valence-electron chi connectivity index (χ1n) is 4.16. The van der Waals surface area contributed by atoms with Crippen LogP contribution in [-0.2, 0) is 13.8 Å². The minimum absolute atomic E-state index is 0.0566. The van der Waals surface area contributed by atoms with Crippen molar-refractivity contribution in [2.24, 2.45) is 0 Å². The van der Waals surface area contributed by atoms with E-state index in [9.17, 15) is 4.79 Å². The van der Waals surface area contributed by atoms with Crippen LogP contribution < -0.4 is 5.32 Å². The van der Waals surface area contributed by atoms with Gasteiger partial charge in [-0.1, -0.05) is 0 Å². The maximum Gasteiger partial charge on any atom is 0.317 e. The molecule has 0 fully saturated rings. The summed E-state index contributed by atoms with van der Waals surface area (Å²) < 4.78 is 10.5. The molecule has 0 rings (SSSR count). The molecule has 0 aromatic heterocycles. The van der Waals surface area contributed by atoms with Crippen LogP contribution in [0, 0.1) is 0 Å². The van der Waals surface area contributed by atoms with Gasteiger partial charge in [-0.05, 0) is 13.8 Å². The fourth-order valence-electron chi connectivity index (χ4n) is 0.671. The van der Waals surface area contributed by atoms with Gasteiger partial charge in [0.05, 0.1) is 26.0 Å². The summed E-state index contributed by atoms with van der Waals surface area (Å²) in [4.78, 5) is 10.2. The Hall–Kier alpha value is -0.220. The zero-order chi connectivity index (χ0) is 10.1. The highest BCUT2D eigenvalue weighted by molar-refractivity contribution is 7.47. The Morgan fingerprint density at radius 1 is 1.38 bits per heavy atom. The van der Waals surface area contributed by atoms with E-state index in [4.69, 9.17) is 14.2 Å². The lowest BCUT2D eigenvalue weighted by Gasteiger charge is -2.15. The Morgan fingerprint density at radius 3 is 2.31 bits per heavy atom. The third-order valence-corrected chi connectivity index (χ3v) is 2.64. The van der Waals surface area contributed by atoms with Gasteiger partial charge in [-0.25, -0.2) is 0 Å². The van der Waals surface area contributed by atoms with Crippen molar-refractivity contribution in [3.05, 3.63) is 0 Å². The van der Waals surface area contributed by atoms with Crippen LogP contribution in [-0.4, -0.2) is 37.1 Å². The summed E-state index contributed by atoms with van der Waals surface area (Å²) in [5.74, 6) is -0.872. The number of aliphatic carboxylic acids is 1. The zero-order valence-electron chi connectivity index (χ0n) is 7.95. The van der Waals surface area contributed by atoms with Gasteiger partial charge in [0.1, 0.15) is 0 Å². The van der Waals surface area contributed by atoms with Crippen molar-refractivity contribution in [3.8, 4) is 0 Å². The lowest BCUT2D eigenvalue weighted by Crippen LogP contribution is -2.23. The van der Waals surface area contributed by atoms with Gasteiger partial charge in [0.15, 0.2) is 8.38 Å². The summed E-state index contributed by atoms with van der Waals surface area (Å²) >= 11 is 0. The lowest BCUT2D eigenvalue weighted by atomic mass is 10.7. The molecule has 0 aliphatic rings. The molecule has 0 aliphatic heterocycles. The van der Waals surface area contributed by atoms with Crippen molar-refractivity contribution in [3.63, 3.8) is 0 Å². The van der Waals surface area contributed by atoms with E-state index in [0.29, 0.717) is 19.5 Å². The van der Waals surface area contributed by atoms with Crippen LogP contribution >= 0.6 is 8.38 Å². The van der Waals surface area contributed by atoms with E-state index >= 15 is 0 Å². The average Bonchev–Trinajstić information content (AvgIpc) is 2.04. The molecule has 0 spiro atoms. The highest BCUT2D eigenvalue weighted by atomic mass is 31.2. The molecule has 0 aromatic carbocycles. The SMILES string of the molecule is CCOP(CNCC(=O)O)OCC. The van der Waals surface area contributed by atoms with Gasteiger partial charge in [0, 0.05) is 0 Å². The van der Waals surface area contributed by atoms with Crippen LogP contribution in [0.4, 0.5) is 0 Å². The van der Waals surface area contributed by atoms with Gasteiger partial charge in [0.25, 0.3) is 0 Å². The van der Waals surface area contributed by atoms with Crippen molar-refractivity contribution in [2.75, 3.05) is 26.0 Å². The molecule has 0 heterocycles. The van der Waals surface area contributed by atoms with Crippen molar-refractivity contribution < 1.29 is 18.9 Å². The summed E-state index contributed by atoms with van der Waals surface area (Å²) in [6.07, 6.45) is 0.462. The molecule has 0 bridgehead atoms. The van der Waals surface area contributed by atoms with Gasteiger partial charge in [-0.2, -0.15) is 0 Å². The number of carbonyl (C=O) groups is 1. The summed E-state index contributed by atoms with van der Waals surface area (Å²) in [6, 6.07) is 0. The summed E-state index contributed by atoms with van der Waals surface area (Å²) in [5, 5.41) is 11.1. The quantitative estimate of drug-likeness (QED) is 0.584. The van der Waals surface area contributed by atoms with Crippen LogP contribution in [0.3, 0.4) is 0 Å². The van der Waals surface area contributed by atoms with Gasteiger partial charge < -0.3 is 14.2 Å². The Kier molecular flexibility index (Phi) is 8.24. The predicted molar refractivity (Wildman–Crippen MR) is 50.7 cm³/mol. The average molecular weight is 209 g/mol. The Balaban J connectivity index is 3.49. The standard InChI is InChI=1S/C7H16NO4P/c1-3-11-13(12-4-2)6-8-5-7(9)10/h8H,3-6H2,1-2H3,(H,9,10). The van der Waals surface area contributed by atoms with Gasteiger partial charge in [-0.3, -0.25) is 10.1 Å². The van der Waals surface area contributed by atoms with Crippen LogP contribution in [0.5, 0.6) is 0 Å². The molecule has 0 saturated heterocycles. The fourth-order valence-corrected chi connectivity index (χ4v) is 1.80. The highest BCUT2D eigenvalue weighted by Gasteiger charge is 2.08. The molecule has 0 amide bonds. The summed E-state index contributed by atoms with van der Waals surface area (Å²) in [7, 11) is -0.966. The molecule has 2 N–H and O–H groups in total. The second-order valence-corrected chi connectivity index (χ2v) is 3.65. The smallest absolute Gasteiger partial charge is 0.317 e. The minimum atomic E-state index is -0.966. The van der Waals surface area contributed by atoms with E-state index in [0.717, 1.165) is 0 Å². The first kappa shape index (κ1) is 12.8. The number of hydrogen-bond donors (Lipinski definition) is 2. The number of hydrogen-bond acceptors (Lipinski definition) is 4. The molecule has 13 heavy (non-hydrogen) atoms. The van der Waals surface area contributed by atoms with E-state index < -0.39 is 14.3 Å². The molecule has 0 radical (unpaired) electrons. The van der Waals surface area contributed by atoms with Crippen molar-refractivity contribution >= 4 is 14.3 Å². The number of carboxylic acid groups (broad SMARTS) is 1. The summed E-state index contributed by atoms with van der Waals surface area (Å²) in [5.41, 5.74) is 0. The number of nitrogens with one attached hydrogen (secondary N) is 1. The van der Waals surface area contributed by atoms with Crippen LogP contribution in [0.15, 0.2) is 0 Å². The Bertz CT molecular complexity index is 138. The fraction of sp³-hybridized carbons (Fsp3) is 0.857. The predicted octanol–water partition coefficient (Wildman–Crippen LogP) is 1.00. The highest BCUT2D eigenvalue weighted by Crippen LogP contribution is 2.35. The van der Waals surface area contributed by atoms with Crippen LogP contribution in [0.2, 0.25) is 0 Å². The monoisotopic (exact) mass is 209 g/mol. The largest absolute Gasteiger partial charge is 0.480 e. The van der Waals surface area contributed by atoms with E-state index in [1.165, 1.54) is 0 Å². The molecular weight excluding hydrogens is 193 g/mol. The third kappa shape index (κ3) is 8.12. The maximum atomic E-state index is 10.2. The topological polar surface area (TPSA) is 67.8 Å². The molecular formula is C7H16NO4P. The molecule has 0 aromatic rings. The van der Waals surface area contributed by atoms with E-state index in [1.807, 2.05) is 13.8 Å². The maximum absolute atomic E-state index is 10.2. The Labute approximate surface area is 79.3 Å². The number of rotatable bonds is 8. The zero-order valence-corrected chi connectivity index (χ0v) is 8.84. The van der Waals surface area contributed by atoms with Crippen molar-refractivity contribution in [2.45, 2.75) is 13.8 Å². The first-order chi connectivity index (χ1) is 6.20. The lowest BCUT2D eigenvalue weighted by molar-refractivity contribution is -0.135. The Morgan fingerprint density at radius 2 is 1.92 bits per heavy atom. The van der Waals surface area contributed by atoms with Crippen LogP contribution in [0.1, 0.15) is 13.8 Å². The molecule has 0 unspecified atom stereocenters. The van der Waals surface area contributed by atoms with E-state index in [1.54, 1.807) is 0 Å². The minimum Gasteiger partial charge on any atom is -0.480 e. The second-order valence-electron chi connectivity index (χ2n) is 2.15. The third-order valence-electron chi connectivity index (χ3n) is 1.06. The van der Waals surface area contributed by atoms with Crippen molar-refractivity contribution in [1.82, 2.24) is 5.32 Å². The van der Waals surface area contributed by atoms with E-state index in [-0.39, 0.29) is 6.54 Å². The van der Waals surface area contributed by atoms with Crippen molar-refractivity contribution in [1.29, 1.82) is 0 Å². The molecule has 0 atom stereocenters. The molecule has 0 saturated carbocycles. The molecule has 78 valence electrons. The van der Waals surface area contributed by atoms with Crippen LogP contribution in [0.25, 0.3) is 0 Å². The first-order valence-corrected chi connectivity index (χ1v) is 5.52. The second kappa shape index (κ2) is 8.38. The van der Waals surface area contributed by atoms with Gasteiger partial charge in [-0.15, -0.1) is 0 Å². The van der Waals surface area contributed by atoms with Gasteiger partial charge >= 0.3 is 5.97 Å². The molecule has 6 heteroatoms. The number of carboxylic acids is 1. The molecule has 5 nitrogen and oxygen atoms in total. The normalized spacial score (nSPS) is 10.7. The van der Waals surface area contributed by atoms with Gasteiger partial charge in [0.2, 0.25) is 0 Å². The summed E-state index contributed by atoms with van der Waals surface area (Å²) in [6.45, 7) is 4.87.